The molecule has 0 aliphatic rings. The minimum absolute atomic E-state index is 0.0492. The minimum Gasteiger partial charge on any atom is -0.496 e. The van der Waals surface area contributed by atoms with Gasteiger partial charge in [0.05, 0.1) is 23.3 Å². The molecule has 31 heavy (non-hydrogen) atoms. The molecule has 0 atom stereocenters. The fourth-order valence-electron chi connectivity index (χ4n) is 3.38. The number of benzene rings is 3. The van der Waals surface area contributed by atoms with E-state index in [1.807, 2.05) is 44.2 Å². The first-order valence-corrected chi connectivity index (χ1v) is 11.2. The zero-order chi connectivity index (χ0) is 22.2. The van der Waals surface area contributed by atoms with Crippen LogP contribution in [0.25, 0.3) is 21.9 Å². The van der Waals surface area contributed by atoms with Crippen molar-refractivity contribution in [1.29, 1.82) is 0 Å². The van der Waals surface area contributed by atoms with E-state index in [0.29, 0.717) is 17.0 Å². The lowest BCUT2D eigenvalue weighted by Crippen LogP contribution is -2.30. The summed E-state index contributed by atoms with van der Waals surface area (Å²) in [6.07, 6.45) is 0. The van der Waals surface area contributed by atoms with Crippen molar-refractivity contribution < 1.29 is 22.4 Å². The van der Waals surface area contributed by atoms with Gasteiger partial charge in [-0.25, -0.2) is 8.42 Å². The fourth-order valence-corrected chi connectivity index (χ4v) is 4.45. The summed E-state index contributed by atoms with van der Waals surface area (Å²) in [5.74, 6) is -0.117. The molecular formula is C23H22N2O5S. The number of nitrogens with one attached hydrogen (secondary N) is 2. The molecule has 4 aromatic rings. The summed E-state index contributed by atoms with van der Waals surface area (Å²) in [7, 11) is -2.52. The SMILES string of the molecule is COc1ccc(S(=O)(=O)Nc2ccc3c(c2)oc2ccccc23)cc1C(=O)NC(C)C. The summed E-state index contributed by atoms with van der Waals surface area (Å²) in [5, 5.41) is 4.61. The maximum Gasteiger partial charge on any atom is 0.261 e. The number of ether oxygens (including phenoxy) is 1. The highest BCUT2D eigenvalue weighted by Gasteiger charge is 2.21. The van der Waals surface area contributed by atoms with Gasteiger partial charge in [-0.3, -0.25) is 9.52 Å². The second kappa shape index (κ2) is 7.96. The first-order chi connectivity index (χ1) is 14.8. The molecule has 0 saturated heterocycles. The highest BCUT2D eigenvalue weighted by Crippen LogP contribution is 2.31. The Balaban J connectivity index is 1.68. The van der Waals surface area contributed by atoms with Gasteiger partial charge in [-0.2, -0.15) is 0 Å². The molecule has 1 heterocycles. The number of fused-ring (bicyclic) bond motifs is 3. The van der Waals surface area contributed by atoms with Gasteiger partial charge in [-0.1, -0.05) is 18.2 Å². The summed E-state index contributed by atoms with van der Waals surface area (Å²) in [6, 6.07) is 16.8. The number of amides is 1. The van der Waals surface area contributed by atoms with Gasteiger partial charge in [0.15, 0.2) is 0 Å². The van der Waals surface area contributed by atoms with E-state index in [9.17, 15) is 13.2 Å². The van der Waals surface area contributed by atoms with Crippen LogP contribution in [0.1, 0.15) is 24.2 Å². The number of hydrogen-bond donors (Lipinski definition) is 2. The van der Waals surface area contributed by atoms with E-state index in [2.05, 4.69) is 10.0 Å². The van der Waals surface area contributed by atoms with Gasteiger partial charge in [0, 0.05) is 22.9 Å². The van der Waals surface area contributed by atoms with E-state index >= 15 is 0 Å². The van der Waals surface area contributed by atoms with Crippen molar-refractivity contribution in [1.82, 2.24) is 5.32 Å². The number of para-hydroxylation sites is 1. The number of methoxy groups -OCH3 is 1. The highest BCUT2D eigenvalue weighted by molar-refractivity contribution is 7.92. The number of hydrogen-bond acceptors (Lipinski definition) is 5. The quantitative estimate of drug-likeness (QED) is 0.461. The Morgan fingerprint density at radius 2 is 1.71 bits per heavy atom. The molecule has 0 radical (unpaired) electrons. The van der Waals surface area contributed by atoms with Crippen LogP contribution in [0.5, 0.6) is 5.75 Å². The number of furan rings is 1. The van der Waals surface area contributed by atoms with Crippen molar-refractivity contribution in [2.75, 3.05) is 11.8 Å². The third kappa shape index (κ3) is 4.06. The summed E-state index contributed by atoms with van der Waals surface area (Å²) >= 11 is 0. The number of carbonyl (C=O) groups is 1. The molecule has 0 aliphatic heterocycles. The Morgan fingerprint density at radius 3 is 2.45 bits per heavy atom. The summed E-state index contributed by atoms with van der Waals surface area (Å²) in [5.41, 5.74) is 1.81. The van der Waals surface area contributed by atoms with Crippen molar-refractivity contribution >= 4 is 43.6 Å². The van der Waals surface area contributed by atoms with Gasteiger partial charge >= 0.3 is 0 Å². The largest absolute Gasteiger partial charge is 0.496 e. The van der Waals surface area contributed by atoms with E-state index in [4.69, 9.17) is 9.15 Å². The maximum atomic E-state index is 13.0. The Labute approximate surface area is 180 Å². The monoisotopic (exact) mass is 438 g/mol. The van der Waals surface area contributed by atoms with E-state index in [-0.39, 0.29) is 16.5 Å². The highest BCUT2D eigenvalue weighted by atomic mass is 32.2. The zero-order valence-corrected chi connectivity index (χ0v) is 18.1. The van der Waals surface area contributed by atoms with Crippen LogP contribution in [0.2, 0.25) is 0 Å². The van der Waals surface area contributed by atoms with Crippen LogP contribution in [-0.4, -0.2) is 27.5 Å². The average Bonchev–Trinajstić information content (AvgIpc) is 3.10. The summed E-state index contributed by atoms with van der Waals surface area (Å²) in [4.78, 5) is 12.4. The molecule has 0 bridgehead atoms. The molecular weight excluding hydrogens is 416 g/mol. The third-order valence-corrected chi connectivity index (χ3v) is 6.16. The van der Waals surface area contributed by atoms with Crippen LogP contribution in [0, 0.1) is 0 Å². The molecule has 3 aromatic carbocycles. The molecule has 1 amide bonds. The second-order valence-electron chi connectivity index (χ2n) is 7.40. The van der Waals surface area contributed by atoms with Gasteiger partial charge in [0.1, 0.15) is 16.9 Å². The lowest BCUT2D eigenvalue weighted by Gasteiger charge is -2.14. The lowest BCUT2D eigenvalue weighted by molar-refractivity contribution is 0.0940. The van der Waals surface area contributed by atoms with Crippen LogP contribution in [0.15, 0.2) is 70.0 Å². The standard InChI is InChI=1S/C23H22N2O5S/c1-14(2)24-23(26)19-13-16(9-11-20(19)29-3)31(27,28)25-15-8-10-18-17-6-4-5-7-21(17)30-22(18)12-15/h4-14,25H,1-3H3,(H,24,26). The van der Waals surface area contributed by atoms with Crippen molar-refractivity contribution in [2.45, 2.75) is 24.8 Å². The Kier molecular flexibility index (Phi) is 5.32. The molecule has 2 N–H and O–H groups in total. The fraction of sp³-hybridized carbons (Fsp3) is 0.174. The topological polar surface area (TPSA) is 97.6 Å². The maximum absolute atomic E-state index is 13.0. The van der Waals surface area contributed by atoms with E-state index < -0.39 is 15.9 Å². The normalized spacial score (nSPS) is 11.7. The Hall–Kier alpha value is -3.52. The van der Waals surface area contributed by atoms with Crippen molar-refractivity contribution in [3.8, 4) is 5.75 Å². The number of rotatable bonds is 6. The Bertz CT molecular complexity index is 1390. The minimum atomic E-state index is -3.95. The molecule has 0 aliphatic carbocycles. The van der Waals surface area contributed by atoms with Gasteiger partial charge < -0.3 is 14.5 Å². The molecule has 0 unspecified atom stereocenters. The van der Waals surface area contributed by atoms with Crippen LogP contribution < -0.4 is 14.8 Å². The predicted octanol–water partition coefficient (Wildman–Crippen LogP) is 4.53. The smallest absolute Gasteiger partial charge is 0.261 e. The van der Waals surface area contributed by atoms with Crippen LogP contribution in [0.4, 0.5) is 5.69 Å². The van der Waals surface area contributed by atoms with E-state index in [1.54, 1.807) is 12.1 Å². The molecule has 7 nitrogen and oxygen atoms in total. The van der Waals surface area contributed by atoms with Gasteiger partial charge in [0.25, 0.3) is 15.9 Å². The second-order valence-corrected chi connectivity index (χ2v) is 9.09. The first kappa shape index (κ1) is 20.7. The molecule has 4 rings (SSSR count). The van der Waals surface area contributed by atoms with Crippen LogP contribution in [-0.2, 0) is 10.0 Å². The van der Waals surface area contributed by atoms with Gasteiger partial charge in [-0.15, -0.1) is 0 Å². The number of carbonyl (C=O) groups excluding carboxylic acids is 1. The van der Waals surface area contributed by atoms with Crippen molar-refractivity contribution in [2.24, 2.45) is 0 Å². The molecule has 160 valence electrons. The predicted molar refractivity (Wildman–Crippen MR) is 120 cm³/mol. The summed E-state index contributed by atoms with van der Waals surface area (Å²) in [6.45, 7) is 3.64. The third-order valence-electron chi connectivity index (χ3n) is 4.78. The average molecular weight is 439 g/mol. The molecule has 8 heteroatoms. The number of anilines is 1. The van der Waals surface area contributed by atoms with Crippen molar-refractivity contribution in [3.63, 3.8) is 0 Å². The van der Waals surface area contributed by atoms with Gasteiger partial charge in [-0.05, 0) is 50.2 Å². The molecule has 0 saturated carbocycles. The summed E-state index contributed by atoms with van der Waals surface area (Å²) < 4.78 is 39.6. The van der Waals surface area contributed by atoms with Crippen LogP contribution >= 0.6 is 0 Å². The van der Waals surface area contributed by atoms with Crippen molar-refractivity contribution in [3.05, 3.63) is 66.2 Å². The van der Waals surface area contributed by atoms with Gasteiger partial charge in [0.2, 0.25) is 0 Å². The first-order valence-electron chi connectivity index (χ1n) is 9.71. The van der Waals surface area contributed by atoms with E-state index in [1.165, 1.54) is 25.3 Å². The zero-order valence-electron chi connectivity index (χ0n) is 17.3. The van der Waals surface area contributed by atoms with Crippen LogP contribution in [0.3, 0.4) is 0 Å². The lowest BCUT2D eigenvalue weighted by atomic mass is 10.1. The molecule has 0 spiro atoms. The van der Waals surface area contributed by atoms with E-state index in [0.717, 1.165) is 16.4 Å². The Morgan fingerprint density at radius 1 is 0.968 bits per heavy atom. The molecule has 0 fully saturated rings. The number of sulfonamides is 1. The molecule has 1 aromatic heterocycles.